The largest absolute Gasteiger partial charge is 0.507 e. The summed E-state index contributed by atoms with van der Waals surface area (Å²) in [4.78, 5) is 16.1. The van der Waals surface area contributed by atoms with Crippen molar-refractivity contribution in [3.8, 4) is 16.9 Å². The van der Waals surface area contributed by atoms with E-state index in [2.05, 4.69) is 6.92 Å². The molecule has 1 aliphatic heterocycles. The first-order valence-corrected chi connectivity index (χ1v) is 10.1. The molecule has 1 saturated heterocycles. The molecule has 0 bridgehead atoms. The van der Waals surface area contributed by atoms with Gasteiger partial charge in [0.25, 0.3) is 0 Å². The molecule has 0 amide bonds. The molecule has 0 atom stereocenters. The van der Waals surface area contributed by atoms with E-state index in [1.165, 1.54) is 11.2 Å². The van der Waals surface area contributed by atoms with Crippen LogP contribution in [0.5, 0.6) is 5.75 Å². The third-order valence-electron chi connectivity index (χ3n) is 5.77. The van der Waals surface area contributed by atoms with Gasteiger partial charge < -0.3 is 19.3 Å². The van der Waals surface area contributed by atoms with Gasteiger partial charge >= 0.3 is 0 Å². The van der Waals surface area contributed by atoms with Crippen LogP contribution in [0.4, 0.5) is 0 Å². The lowest BCUT2D eigenvalue weighted by molar-refractivity contribution is -1.02. The average molecular weight is 401 g/mol. The van der Waals surface area contributed by atoms with Crippen molar-refractivity contribution < 1.29 is 19.3 Å². The Morgan fingerprint density at radius 1 is 1.04 bits per heavy atom. The number of rotatable bonds is 4. The molecule has 2 aromatic carbocycles. The fraction of sp³-hybridized carbons (Fsp3) is 0.318. The summed E-state index contributed by atoms with van der Waals surface area (Å²) >= 11 is 5.95. The SMILES string of the molecule is CC[NH+]1CC[NH+](Cc2c(O)ccc3c(=O)c(-c4ccc(Cl)cc4)coc23)CC1. The molecule has 2 heterocycles. The van der Waals surface area contributed by atoms with Crippen molar-refractivity contribution in [3.05, 3.63) is 63.5 Å². The number of phenols is 1. The lowest BCUT2D eigenvalue weighted by Crippen LogP contribution is -3.27. The second kappa shape index (κ2) is 7.95. The maximum Gasteiger partial charge on any atom is 0.200 e. The Hall–Kier alpha value is -2.34. The molecule has 5 nitrogen and oxygen atoms in total. The summed E-state index contributed by atoms with van der Waals surface area (Å²) in [6, 6.07) is 10.4. The van der Waals surface area contributed by atoms with Crippen molar-refractivity contribution in [1.82, 2.24) is 0 Å². The van der Waals surface area contributed by atoms with Crippen molar-refractivity contribution in [2.24, 2.45) is 0 Å². The zero-order chi connectivity index (χ0) is 19.7. The summed E-state index contributed by atoms with van der Waals surface area (Å²) < 4.78 is 5.89. The Morgan fingerprint density at radius 2 is 1.71 bits per heavy atom. The molecule has 4 rings (SSSR count). The molecule has 1 fully saturated rings. The van der Waals surface area contributed by atoms with Gasteiger partial charge in [0.1, 0.15) is 50.3 Å². The number of piperazine rings is 1. The Labute approximate surface area is 168 Å². The molecule has 6 heteroatoms. The molecule has 0 unspecified atom stereocenters. The summed E-state index contributed by atoms with van der Waals surface area (Å²) in [7, 11) is 0. The van der Waals surface area contributed by atoms with Crippen molar-refractivity contribution in [2.75, 3.05) is 32.7 Å². The molecule has 3 N–H and O–H groups in total. The molecule has 0 spiro atoms. The predicted octanol–water partition coefficient (Wildman–Crippen LogP) is 1.12. The predicted molar refractivity (Wildman–Crippen MR) is 110 cm³/mol. The highest BCUT2D eigenvalue weighted by Crippen LogP contribution is 2.27. The highest BCUT2D eigenvalue weighted by molar-refractivity contribution is 6.30. The fourth-order valence-electron chi connectivity index (χ4n) is 3.98. The average Bonchev–Trinajstić information content (AvgIpc) is 2.72. The maximum absolute atomic E-state index is 13.1. The number of benzene rings is 2. The van der Waals surface area contributed by atoms with Gasteiger partial charge in [0, 0.05) is 5.02 Å². The summed E-state index contributed by atoms with van der Waals surface area (Å²) in [6.45, 7) is 8.37. The number of halogens is 1. The van der Waals surface area contributed by atoms with Crippen LogP contribution < -0.4 is 15.2 Å². The number of phenolic OH excluding ortho intramolecular Hbond substituents is 1. The van der Waals surface area contributed by atoms with Gasteiger partial charge in [0.05, 0.1) is 23.1 Å². The quantitative estimate of drug-likeness (QED) is 0.615. The van der Waals surface area contributed by atoms with Crippen LogP contribution in [0, 0.1) is 0 Å². The van der Waals surface area contributed by atoms with Gasteiger partial charge in [0.15, 0.2) is 0 Å². The van der Waals surface area contributed by atoms with Crippen LogP contribution >= 0.6 is 11.6 Å². The van der Waals surface area contributed by atoms with Gasteiger partial charge in [-0.15, -0.1) is 0 Å². The number of nitrogens with one attached hydrogen (secondary N) is 2. The molecule has 3 aromatic rings. The van der Waals surface area contributed by atoms with E-state index in [0.717, 1.165) is 38.3 Å². The van der Waals surface area contributed by atoms with Gasteiger partial charge in [0.2, 0.25) is 5.43 Å². The molecule has 0 aliphatic carbocycles. The second-order valence-electron chi connectivity index (χ2n) is 7.46. The van der Waals surface area contributed by atoms with E-state index in [1.807, 2.05) is 0 Å². The number of hydrogen-bond donors (Lipinski definition) is 3. The standard InChI is InChI=1S/C22H23ClN2O3/c1-2-24-9-11-25(12-10-24)13-18-20(26)8-7-17-21(27)19(14-28-22(17)18)15-3-5-16(23)6-4-15/h3-8,14,26H,2,9-13H2,1H3/p+2. The van der Waals surface area contributed by atoms with E-state index in [1.54, 1.807) is 41.3 Å². The van der Waals surface area contributed by atoms with Crippen LogP contribution in [-0.4, -0.2) is 37.8 Å². The molecular weight excluding hydrogens is 376 g/mol. The molecular formula is C22H25ClN2O3+2. The van der Waals surface area contributed by atoms with E-state index < -0.39 is 0 Å². The Morgan fingerprint density at radius 3 is 2.39 bits per heavy atom. The second-order valence-corrected chi connectivity index (χ2v) is 7.89. The highest BCUT2D eigenvalue weighted by Gasteiger charge is 2.25. The van der Waals surface area contributed by atoms with E-state index >= 15 is 0 Å². The lowest BCUT2D eigenvalue weighted by Gasteiger charge is -2.29. The van der Waals surface area contributed by atoms with Crippen molar-refractivity contribution in [3.63, 3.8) is 0 Å². The molecule has 1 aliphatic rings. The summed E-state index contributed by atoms with van der Waals surface area (Å²) in [6.07, 6.45) is 1.49. The van der Waals surface area contributed by atoms with Crippen LogP contribution in [0.3, 0.4) is 0 Å². The van der Waals surface area contributed by atoms with Gasteiger partial charge in [-0.2, -0.15) is 0 Å². The summed E-state index contributed by atoms with van der Waals surface area (Å²) in [5.41, 5.74) is 2.36. The normalized spacial score (nSPS) is 19.8. The Kier molecular flexibility index (Phi) is 5.40. The highest BCUT2D eigenvalue weighted by atomic mass is 35.5. The van der Waals surface area contributed by atoms with Crippen molar-refractivity contribution >= 4 is 22.6 Å². The van der Waals surface area contributed by atoms with E-state index in [9.17, 15) is 9.90 Å². The van der Waals surface area contributed by atoms with Gasteiger partial charge in [-0.25, -0.2) is 0 Å². The number of fused-ring (bicyclic) bond motifs is 1. The smallest absolute Gasteiger partial charge is 0.200 e. The van der Waals surface area contributed by atoms with Crippen molar-refractivity contribution in [2.45, 2.75) is 13.5 Å². The zero-order valence-corrected chi connectivity index (χ0v) is 16.7. The lowest BCUT2D eigenvalue weighted by atomic mass is 10.0. The Balaban J connectivity index is 1.70. The number of aromatic hydroxyl groups is 1. The molecule has 146 valence electrons. The first-order valence-electron chi connectivity index (χ1n) is 9.76. The van der Waals surface area contributed by atoms with E-state index in [4.69, 9.17) is 16.0 Å². The van der Waals surface area contributed by atoms with Crippen LogP contribution in [0.1, 0.15) is 12.5 Å². The third kappa shape index (κ3) is 3.65. The minimum Gasteiger partial charge on any atom is -0.507 e. The van der Waals surface area contributed by atoms with Crippen LogP contribution in [-0.2, 0) is 6.54 Å². The van der Waals surface area contributed by atoms with Gasteiger partial charge in [-0.1, -0.05) is 23.7 Å². The third-order valence-corrected chi connectivity index (χ3v) is 6.02. The Bertz CT molecular complexity index is 1040. The maximum atomic E-state index is 13.1. The summed E-state index contributed by atoms with van der Waals surface area (Å²) in [5.74, 6) is 0.188. The monoisotopic (exact) mass is 400 g/mol. The van der Waals surface area contributed by atoms with Gasteiger partial charge in [-0.3, -0.25) is 4.79 Å². The number of likely N-dealkylation sites (N-methyl/N-ethyl adjacent to an activating group) is 1. The minimum absolute atomic E-state index is 0.0972. The van der Waals surface area contributed by atoms with Crippen LogP contribution in [0.15, 0.2) is 51.9 Å². The number of hydrogen-bond acceptors (Lipinski definition) is 3. The minimum atomic E-state index is -0.0972. The molecule has 0 radical (unpaired) electrons. The topological polar surface area (TPSA) is 59.3 Å². The molecule has 1 aromatic heterocycles. The van der Waals surface area contributed by atoms with Gasteiger partial charge in [-0.05, 0) is 36.8 Å². The van der Waals surface area contributed by atoms with E-state index in [0.29, 0.717) is 33.7 Å². The molecule has 28 heavy (non-hydrogen) atoms. The van der Waals surface area contributed by atoms with Crippen molar-refractivity contribution in [1.29, 1.82) is 0 Å². The summed E-state index contributed by atoms with van der Waals surface area (Å²) in [5, 5.41) is 11.6. The van der Waals surface area contributed by atoms with E-state index in [-0.39, 0.29) is 11.2 Å². The van der Waals surface area contributed by atoms with Crippen LogP contribution in [0.25, 0.3) is 22.1 Å². The van der Waals surface area contributed by atoms with Crippen LogP contribution in [0.2, 0.25) is 5.02 Å². The first-order chi connectivity index (χ1) is 13.6. The molecule has 0 saturated carbocycles. The first kappa shape index (κ1) is 19.0. The zero-order valence-electron chi connectivity index (χ0n) is 15.9. The number of quaternary nitrogens is 2. The fourth-order valence-corrected chi connectivity index (χ4v) is 4.11.